The van der Waals surface area contributed by atoms with Gasteiger partial charge in [0.25, 0.3) is 5.91 Å². The van der Waals surface area contributed by atoms with Gasteiger partial charge in [-0.3, -0.25) is 14.9 Å². The molecule has 0 aliphatic rings. The summed E-state index contributed by atoms with van der Waals surface area (Å²) in [7, 11) is 0. The zero-order valence-corrected chi connectivity index (χ0v) is 10.5. The average molecular weight is 282 g/mol. The first-order chi connectivity index (χ1) is 8.97. The molecule has 2 aromatic heterocycles. The molecule has 0 saturated heterocycles. The van der Waals surface area contributed by atoms with Crippen molar-refractivity contribution in [1.29, 1.82) is 0 Å². The Balaban J connectivity index is 2.18. The molecule has 19 heavy (non-hydrogen) atoms. The van der Waals surface area contributed by atoms with Crippen LogP contribution in [0.4, 0.5) is 11.6 Å². The average Bonchev–Trinajstić information content (AvgIpc) is 2.82. The Hall–Kier alpha value is -2.41. The van der Waals surface area contributed by atoms with Crippen molar-refractivity contribution in [2.45, 2.75) is 6.92 Å². The van der Waals surface area contributed by atoms with Gasteiger partial charge in [-0.2, -0.15) is 0 Å². The lowest BCUT2D eigenvalue weighted by Crippen LogP contribution is -2.12. The fourth-order valence-electron chi connectivity index (χ4n) is 1.39. The van der Waals surface area contributed by atoms with E-state index in [1.54, 1.807) is 13.0 Å². The van der Waals surface area contributed by atoms with Crippen molar-refractivity contribution in [3.63, 3.8) is 0 Å². The molecule has 0 saturated carbocycles. The zero-order chi connectivity index (χ0) is 14.0. The van der Waals surface area contributed by atoms with Crippen molar-refractivity contribution >= 4 is 29.1 Å². The standard InChI is InChI=1S/C11H8ClN3O4/c1-6-7(2-4-9(12)13-6)14-11(16)8-3-5-10(19-8)15(17)18/h2-5H,1H3,(H,14,16). The fourth-order valence-corrected chi connectivity index (χ4v) is 1.58. The fraction of sp³-hybridized carbons (Fsp3) is 0.0909. The SMILES string of the molecule is Cc1nc(Cl)ccc1NC(=O)c1ccc([N+](=O)[O-])o1. The Morgan fingerprint density at radius 1 is 1.42 bits per heavy atom. The third-order valence-electron chi connectivity index (χ3n) is 2.30. The Morgan fingerprint density at radius 2 is 2.16 bits per heavy atom. The predicted molar refractivity (Wildman–Crippen MR) is 67.3 cm³/mol. The number of hydrogen-bond acceptors (Lipinski definition) is 5. The van der Waals surface area contributed by atoms with Gasteiger partial charge in [0, 0.05) is 0 Å². The number of nitrogens with one attached hydrogen (secondary N) is 1. The highest BCUT2D eigenvalue weighted by molar-refractivity contribution is 6.29. The molecule has 98 valence electrons. The number of furan rings is 1. The van der Waals surface area contributed by atoms with Gasteiger partial charge in [0.15, 0.2) is 5.76 Å². The summed E-state index contributed by atoms with van der Waals surface area (Å²) in [5.74, 6) is -1.24. The maximum Gasteiger partial charge on any atom is 0.433 e. The van der Waals surface area contributed by atoms with E-state index in [2.05, 4.69) is 10.3 Å². The summed E-state index contributed by atoms with van der Waals surface area (Å²) >= 11 is 5.69. The molecule has 0 unspecified atom stereocenters. The molecule has 1 N–H and O–H groups in total. The van der Waals surface area contributed by atoms with E-state index in [0.717, 1.165) is 6.07 Å². The second-order valence-electron chi connectivity index (χ2n) is 3.62. The van der Waals surface area contributed by atoms with Crippen LogP contribution in [0.1, 0.15) is 16.2 Å². The summed E-state index contributed by atoms with van der Waals surface area (Å²) < 4.78 is 4.79. The predicted octanol–water partition coefficient (Wildman–Crippen LogP) is 2.80. The largest absolute Gasteiger partial charge is 0.433 e. The van der Waals surface area contributed by atoms with Crippen LogP contribution in [-0.4, -0.2) is 15.8 Å². The number of aryl methyl sites for hydroxylation is 1. The minimum atomic E-state index is -0.716. The van der Waals surface area contributed by atoms with Crippen LogP contribution in [0.25, 0.3) is 0 Å². The lowest BCUT2D eigenvalue weighted by Gasteiger charge is -2.05. The van der Waals surface area contributed by atoms with Gasteiger partial charge in [-0.25, -0.2) is 4.98 Å². The van der Waals surface area contributed by atoms with Gasteiger partial charge in [-0.15, -0.1) is 0 Å². The van der Waals surface area contributed by atoms with Gasteiger partial charge < -0.3 is 9.73 Å². The molecule has 0 spiro atoms. The van der Waals surface area contributed by atoms with E-state index in [0.29, 0.717) is 16.5 Å². The first kappa shape index (κ1) is 13.0. The van der Waals surface area contributed by atoms with E-state index in [4.69, 9.17) is 16.0 Å². The van der Waals surface area contributed by atoms with Gasteiger partial charge >= 0.3 is 5.88 Å². The number of nitrogens with zero attached hydrogens (tertiary/aromatic N) is 2. The van der Waals surface area contributed by atoms with Crippen molar-refractivity contribution in [2.75, 3.05) is 5.32 Å². The first-order valence-corrected chi connectivity index (χ1v) is 5.54. The van der Waals surface area contributed by atoms with Crippen LogP contribution < -0.4 is 5.32 Å². The van der Waals surface area contributed by atoms with Crippen LogP contribution in [0, 0.1) is 17.0 Å². The number of halogens is 1. The third kappa shape index (κ3) is 2.89. The highest BCUT2D eigenvalue weighted by Gasteiger charge is 2.17. The number of pyridine rings is 1. The van der Waals surface area contributed by atoms with E-state index in [1.807, 2.05) is 0 Å². The molecular weight excluding hydrogens is 274 g/mol. The van der Waals surface area contributed by atoms with Crippen molar-refractivity contribution in [2.24, 2.45) is 0 Å². The number of carbonyl (C=O) groups excluding carboxylic acids is 1. The molecule has 8 heteroatoms. The number of nitro groups is 1. The molecule has 0 aliphatic carbocycles. The normalized spacial score (nSPS) is 10.2. The lowest BCUT2D eigenvalue weighted by atomic mass is 10.3. The van der Waals surface area contributed by atoms with Gasteiger partial charge in [0.1, 0.15) is 10.1 Å². The number of amides is 1. The maximum atomic E-state index is 11.8. The summed E-state index contributed by atoms with van der Waals surface area (Å²) in [6.07, 6.45) is 0. The Labute approximate surface area is 112 Å². The van der Waals surface area contributed by atoms with E-state index in [1.165, 1.54) is 12.1 Å². The second-order valence-corrected chi connectivity index (χ2v) is 4.00. The molecule has 0 radical (unpaired) electrons. The van der Waals surface area contributed by atoms with Crippen LogP contribution >= 0.6 is 11.6 Å². The number of carbonyl (C=O) groups is 1. The summed E-state index contributed by atoms with van der Waals surface area (Å²) in [5, 5.41) is 13.3. The van der Waals surface area contributed by atoms with Crippen LogP contribution in [0.5, 0.6) is 0 Å². The van der Waals surface area contributed by atoms with E-state index in [9.17, 15) is 14.9 Å². The number of aromatic nitrogens is 1. The molecule has 0 fully saturated rings. The Morgan fingerprint density at radius 3 is 2.74 bits per heavy atom. The van der Waals surface area contributed by atoms with Crippen LogP contribution in [-0.2, 0) is 0 Å². The molecular formula is C11H8ClN3O4. The molecule has 2 heterocycles. The first-order valence-electron chi connectivity index (χ1n) is 5.16. The minimum absolute atomic E-state index is 0.152. The van der Waals surface area contributed by atoms with Gasteiger partial charge in [-0.05, 0) is 25.1 Å². The zero-order valence-electron chi connectivity index (χ0n) is 9.71. The smallest absolute Gasteiger partial charge is 0.395 e. The van der Waals surface area contributed by atoms with E-state index in [-0.39, 0.29) is 5.76 Å². The van der Waals surface area contributed by atoms with Crippen LogP contribution in [0.2, 0.25) is 5.15 Å². The number of anilines is 1. The van der Waals surface area contributed by atoms with Gasteiger partial charge in [0.2, 0.25) is 0 Å². The summed E-state index contributed by atoms with van der Waals surface area (Å²) in [4.78, 5) is 25.5. The molecule has 1 amide bonds. The van der Waals surface area contributed by atoms with E-state index < -0.39 is 16.7 Å². The maximum absolute atomic E-state index is 11.8. The lowest BCUT2D eigenvalue weighted by molar-refractivity contribution is -0.402. The summed E-state index contributed by atoms with van der Waals surface area (Å²) in [5.41, 5.74) is 0.982. The molecule has 0 aromatic carbocycles. The summed E-state index contributed by atoms with van der Waals surface area (Å²) in [6.45, 7) is 1.67. The van der Waals surface area contributed by atoms with Crippen molar-refractivity contribution in [1.82, 2.24) is 4.98 Å². The third-order valence-corrected chi connectivity index (χ3v) is 2.51. The molecule has 0 bridgehead atoms. The molecule has 2 rings (SSSR count). The monoisotopic (exact) mass is 281 g/mol. The second kappa shape index (κ2) is 5.07. The van der Waals surface area contributed by atoms with Crippen molar-refractivity contribution < 1.29 is 14.1 Å². The Kier molecular flexibility index (Phi) is 3.48. The minimum Gasteiger partial charge on any atom is -0.395 e. The molecule has 7 nitrogen and oxygen atoms in total. The number of hydrogen-bond donors (Lipinski definition) is 1. The topological polar surface area (TPSA) is 98.3 Å². The molecule has 0 atom stereocenters. The quantitative estimate of drug-likeness (QED) is 0.530. The van der Waals surface area contributed by atoms with Gasteiger partial charge in [0.05, 0.1) is 17.4 Å². The molecule has 0 aliphatic heterocycles. The summed E-state index contributed by atoms with van der Waals surface area (Å²) in [6, 6.07) is 5.45. The Bertz CT molecular complexity index is 653. The number of rotatable bonds is 3. The van der Waals surface area contributed by atoms with Crippen molar-refractivity contribution in [3.8, 4) is 0 Å². The van der Waals surface area contributed by atoms with Crippen LogP contribution in [0.15, 0.2) is 28.7 Å². The highest BCUT2D eigenvalue weighted by Crippen LogP contribution is 2.19. The highest BCUT2D eigenvalue weighted by atomic mass is 35.5. The molecule has 2 aromatic rings. The van der Waals surface area contributed by atoms with Gasteiger partial charge in [-0.1, -0.05) is 11.6 Å². The van der Waals surface area contributed by atoms with E-state index >= 15 is 0 Å². The van der Waals surface area contributed by atoms with Crippen LogP contribution in [0.3, 0.4) is 0 Å². The van der Waals surface area contributed by atoms with Crippen molar-refractivity contribution in [3.05, 3.63) is 51.0 Å².